The fraction of sp³-hybridized carbons (Fsp3) is 1.00. The van der Waals surface area contributed by atoms with Crippen molar-refractivity contribution in [2.45, 2.75) is 51.5 Å². The van der Waals surface area contributed by atoms with E-state index in [4.69, 9.17) is 5.11 Å². The molecule has 2 heteroatoms. The highest BCUT2D eigenvalue weighted by Gasteiger charge is 2.28. The monoisotopic (exact) mass is 199 g/mol. The lowest BCUT2D eigenvalue weighted by Gasteiger charge is -2.29. The summed E-state index contributed by atoms with van der Waals surface area (Å²) in [6.07, 6.45) is 7.81. The van der Waals surface area contributed by atoms with E-state index in [9.17, 15) is 0 Å². The largest absolute Gasteiger partial charge is 0.396 e. The summed E-state index contributed by atoms with van der Waals surface area (Å²) >= 11 is 0. The molecule has 0 aromatic rings. The summed E-state index contributed by atoms with van der Waals surface area (Å²) in [5, 5.41) is 8.80. The average Bonchev–Trinajstić information content (AvgIpc) is 2.63. The van der Waals surface area contributed by atoms with E-state index in [1.165, 1.54) is 32.1 Å². The van der Waals surface area contributed by atoms with Crippen molar-refractivity contribution >= 4 is 0 Å². The first-order valence-electron chi connectivity index (χ1n) is 6.10. The fourth-order valence-electron chi connectivity index (χ4n) is 2.79. The first-order chi connectivity index (χ1) is 6.79. The number of nitrogens with zero attached hydrogens (tertiary/aromatic N) is 1. The third-order valence-corrected chi connectivity index (χ3v) is 3.51. The van der Waals surface area contributed by atoms with Gasteiger partial charge in [-0.1, -0.05) is 19.8 Å². The molecule has 0 aromatic heterocycles. The van der Waals surface area contributed by atoms with Crippen molar-refractivity contribution < 1.29 is 5.11 Å². The van der Waals surface area contributed by atoms with Gasteiger partial charge in [-0.15, -0.1) is 0 Å². The first-order valence-corrected chi connectivity index (χ1v) is 6.10. The molecular formula is C12H25NO. The summed E-state index contributed by atoms with van der Waals surface area (Å²) in [6, 6.07) is 0.793. The van der Waals surface area contributed by atoms with Gasteiger partial charge in [0.25, 0.3) is 0 Å². The smallest absolute Gasteiger partial charge is 0.0443 e. The van der Waals surface area contributed by atoms with Crippen LogP contribution in [0.2, 0.25) is 0 Å². The van der Waals surface area contributed by atoms with E-state index in [-0.39, 0.29) is 0 Å². The van der Waals surface area contributed by atoms with Gasteiger partial charge in [0, 0.05) is 19.2 Å². The maximum Gasteiger partial charge on any atom is 0.0443 e. The van der Waals surface area contributed by atoms with Gasteiger partial charge in [-0.3, -0.25) is 0 Å². The predicted octanol–water partition coefficient (Wildman–Crippen LogP) is 2.27. The minimum atomic E-state index is 0.329. The molecule has 0 radical (unpaired) electrons. The third kappa shape index (κ3) is 3.25. The van der Waals surface area contributed by atoms with Crippen LogP contribution in [0.15, 0.2) is 0 Å². The summed E-state index contributed by atoms with van der Waals surface area (Å²) in [6.45, 7) is 3.67. The normalized spacial score (nSPS) is 27.4. The quantitative estimate of drug-likeness (QED) is 0.709. The Bertz CT molecular complexity index is 149. The molecule has 1 aliphatic rings. The topological polar surface area (TPSA) is 23.5 Å². The molecule has 0 spiro atoms. The maximum atomic E-state index is 8.80. The Labute approximate surface area is 88.3 Å². The van der Waals surface area contributed by atoms with E-state index in [0.29, 0.717) is 6.61 Å². The maximum absolute atomic E-state index is 8.80. The van der Waals surface area contributed by atoms with Gasteiger partial charge in [0.15, 0.2) is 0 Å². The highest BCUT2D eigenvalue weighted by atomic mass is 16.3. The molecule has 2 atom stereocenters. The Hall–Kier alpha value is -0.0800. The Balaban J connectivity index is 2.32. The Morgan fingerprint density at radius 1 is 1.36 bits per heavy atom. The highest BCUT2D eigenvalue weighted by Crippen LogP contribution is 2.32. The zero-order valence-electron chi connectivity index (χ0n) is 9.71. The highest BCUT2D eigenvalue weighted by molar-refractivity contribution is 4.83. The molecule has 0 aromatic carbocycles. The second-order valence-electron chi connectivity index (χ2n) is 4.60. The van der Waals surface area contributed by atoms with Crippen LogP contribution in [-0.4, -0.2) is 36.2 Å². The van der Waals surface area contributed by atoms with E-state index >= 15 is 0 Å². The van der Waals surface area contributed by atoms with Crippen LogP contribution in [0.5, 0.6) is 0 Å². The van der Waals surface area contributed by atoms with Crippen molar-refractivity contribution in [1.82, 2.24) is 4.90 Å². The van der Waals surface area contributed by atoms with E-state index in [1.54, 1.807) is 0 Å². The SMILES string of the molecule is CCCC1CCCC1N(C)CCCO. The van der Waals surface area contributed by atoms with Crippen LogP contribution < -0.4 is 0 Å². The van der Waals surface area contributed by atoms with Crippen LogP contribution in [0.3, 0.4) is 0 Å². The molecule has 0 heterocycles. The molecule has 0 saturated heterocycles. The molecule has 1 aliphatic carbocycles. The van der Waals surface area contributed by atoms with Crippen LogP contribution in [0.1, 0.15) is 45.4 Å². The minimum Gasteiger partial charge on any atom is -0.396 e. The van der Waals surface area contributed by atoms with E-state index in [1.807, 2.05) is 0 Å². The van der Waals surface area contributed by atoms with Crippen molar-refractivity contribution in [3.63, 3.8) is 0 Å². The van der Waals surface area contributed by atoms with Crippen molar-refractivity contribution in [3.8, 4) is 0 Å². The van der Waals surface area contributed by atoms with Crippen LogP contribution in [0.25, 0.3) is 0 Å². The Kier molecular flexibility index (Phi) is 5.49. The number of hydrogen-bond acceptors (Lipinski definition) is 2. The third-order valence-electron chi connectivity index (χ3n) is 3.51. The number of aliphatic hydroxyl groups is 1. The lowest BCUT2D eigenvalue weighted by molar-refractivity contribution is 0.171. The summed E-state index contributed by atoms with van der Waals surface area (Å²) in [7, 11) is 2.22. The van der Waals surface area contributed by atoms with E-state index in [2.05, 4.69) is 18.9 Å². The van der Waals surface area contributed by atoms with Crippen LogP contribution in [-0.2, 0) is 0 Å². The molecule has 0 bridgehead atoms. The average molecular weight is 199 g/mol. The van der Waals surface area contributed by atoms with Gasteiger partial charge >= 0.3 is 0 Å². The van der Waals surface area contributed by atoms with Crippen LogP contribution in [0.4, 0.5) is 0 Å². The second kappa shape index (κ2) is 6.41. The Morgan fingerprint density at radius 3 is 2.79 bits per heavy atom. The number of hydrogen-bond donors (Lipinski definition) is 1. The molecule has 84 valence electrons. The second-order valence-corrected chi connectivity index (χ2v) is 4.60. The zero-order valence-corrected chi connectivity index (χ0v) is 9.71. The van der Waals surface area contributed by atoms with Gasteiger partial charge in [-0.05, 0) is 38.6 Å². The molecule has 1 fully saturated rings. The molecule has 1 rings (SSSR count). The predicted molar refractivity (Wildman–Crippen MR) is 60.4 cm³/mol. The van der Waals surface area contributed by atoms with Crippen LogP contribution >= 0.6 is 0 Å². The summed E-state index contributed by atoms with van der Waals surface area (Å²) in [5.74, 6) is 0.920. The standard InChI is InChI=1S/C12H25NO/c1-3-6-11-7-4-8-12(11)13(2)9-5-10-14/h11-12,14H,3-10H2,1-2H3. The van der Waals surface area contributed by atoms with Crippen molar-refractivity contribution in [1.29, 1.82) is 0 Å². The van der Waals surface area contributed by atoms with Gasteiger partial charge in [0.1, 0.15) is 0 Å². The molecule has 0 aliphatic heterocycles. The first kappa shape index (κ1) is 12.0. The summed E-state index contributed by atoms with van der Waals surface area (Å²) in [5.41, 5.74) is 0. The molecule has 0 amide bonds. The minimum absolute atomic E-state index is 0.329. The fourth-order valence-corrected chi connectivity index (χ4v) is 2.79. The summed E-state index contributed by atoms with van der Waals surface area (Å²) in [4.78, 5) is 2.46. The lowest BCUT2D eigenvalue weighted by Crippen LogP contribution is -2.35. The molecule has 1 saturated carbocycles. The van der Waals surface area contributed by atoms with Crippen molar-refractivity contribution in [2.75, 3.05) is 20.2 Å². The van der Waals surface area contributed by atoms with Crippen LogP contribution in [0, 0.1) is 5.92 Å². The molecule has 2 unspecified atom stereocenters. The molecule has 1 N–H and O–H groups in total. The van der Waals surface area contributed by atoms with E-state index < -0.39 is 0 Å². The van der Waals surface area contributed by atoms with Crippen molar-refractivity contribution in [3.05, 3.63) is 0 Å². The van der Waals surface area contributed by atoms with Crippen molar-refractivity contribution in [2.24, 2.45) is 5.92 Å². The number of rotatable bonds is 6. The molecular weight excluding hydrogens is 174 g/mol. The number of aliphatic hydroxyl groups excluding tert-OH is 1. The molecule has 2 nitrogen and oxygen atoms in total. The lowest BCUT2D eigenvalue weighted by atomic mass is 9.97. The Morgan fingerprint density at radius 2 is 2.14 bits per heavy atom. The van der Waals surface area contributed by atoms with Gasteiger partial charge in [-0.2, -0.15) is 0 Å². The molecule has 14 heavy (non-hydrogen) atoms. The van der Waals surface area contributed by atoms with E-state index in [0.717, 1.165) is 24.9 Å². The van der Waals surface area contributed by atoms with Gasteiger partial charge in [0.2, 0.25) is 0 Å². The summed E-state index contributed by atoms with van der Waals surface area (Å²) < 4.78 is 0. The van der Waals surface area contributed by atoms with Gasteiger partial charge < -0.3 is 10.0 Å². The zero-order chi connectivity index (χ0) is 10.4. The van der Waals surface area contributed by atoms with Gasteiger partial charge in [-0.25, -0.2) is 0 Å². The van der Waals surface area contributed by atoms with Gasteiger partial charge in [0.05, 0.1) is 0 Å².